The average Bonchev–Trinajstić information content (AvgIpc) is 2.77. The summed E-state index contributed by atoms with van der Waals surface area (Å²) >= 11 is 0. The Kier molecular flexibility index (Phi) is 1.18. The van der Waals surface area contributed by atoms with Gasteiger partial charge in [0.15, 0.2) is 0 Å². The van der Waals surface area contributed by atoms with Gasteiger partial charge in [0.1, 0.15) is 0 Å². The molecule has 0 bridgehead atoms. The second-order valence-electron chi connectivity index (χ2n) is 4.75. The molecule has 2 atom stereocenters. The van der Waals surface area contributed by atoms with Crippen LogP contribution in [0.3, 0.4) is 0 Å². The Labute approximate surface area is 68.6 Å². The van der Waals surface area contributed by atoms with E-state index in [9.17, 15) is 0 Å². The zero-order valence-corrected chi connectivity index (χ0v) is 7.10. The van der Waals surface area contributed by atoms with Gasteiger partial charge in [0, 0.05) is 0 Å². The maximum Gasteiger partial charge on any atom is -0.00435 e. The van der Waals surface area contributed by atoms with Crippen molar-refractivity contribution >= 4 is 0 Å². The molecule has 2 aliphatic carbocycles. The Hall–Kier alpha value is -0.0400. The largest absolute Gasteiger partial charge is 0.317 e. The van der Waals surface area contributed by atoms with Gasteiger partial charge >= 0.3 is 0 Å². The van der Waals surface area contributed by atoms with Crippen molar-refractivity contribution < 1.29 is 0 Å². The summed E-state index contributed by atoms with van der Waals surface area (Å²) in [7, 11) is 0. The maximum atomic E-state index is 3.47. The van der Waals surface area contributed by atoms with Crippen LogP contribution in [-0.4, -0.2) is 13.1 Å². The third kappa shape index (κ3) is 0.807. The molecule has 0 amide bonds. The quantitative estimate of drug-likeness (QED) is 0.556. The van der Waals surface area contributed by atoms with Gasteiger partial charge in [-0.15, -0.1) is 0 Å². The first-order valence-electron chi connectivity index (χ1n) is 5.11. The normalized spacial score (nSPS) is 45.8. The van der Waals surface area contributed by atoms with Crippen molar-refractivity contribution in [2.45, 2.75) is 32.1 Å². The Morgan fingerprint density at radius 2 is 1.91 bits per heavy atom. The summed E-state index contributed by atoms with van der Waals surface area (Å²) in [6.07, 6.45) is 7.66. The highest BCUT2D eigenvalue weighted by molar-refractivity contribution is 5.07. The number of piperidine rings is 1. The Morgan fingerprint density at radius 1 is 1.09 bits per heavy atom. The summed E-state index contributed by atoms with van der Waals surface area (Å²) in [6.45, 7) is 2.59. The molecule has 0 radical (unpaired) electrons. The number of hydrogen-bond acceptors (Lipinski definition) is 1. The highest BCUT2D eigenvalue weighted by Crippen LogP contribution is 2.65. The fourth-order valence-electron chi connectivity index (χ4n) is 3.52. The van der Waals surface area contributed by atoms with E-state index in [0.717, 1.165) is 5.41 Å². The molecule has 2 unspecified atom stereocenters. The minimum absolute atomic E-state index is 0.843. The molecule has 11 heavy (non-hydrogen) atoms. The van der Waals surface area contributed by atoms with Gasteiger partial charge in [-0.25, -0.2) is 0 Å². The summed E-state index contributed by atoms with van der Waals surface area (Å²) < 4.78 is 0. The summed E-state index contributed by atoms with van der Waals surface area (Å²) in [6, 6.07) is 0. The van der Waals surface area contributed by atoms with Gasteiger partial charge in [-0.2, -0.15) is 0 Å². The smallest absolute Gasteiger partial charge is 0.00435 e. The monoisotopic (exact) mass is 151 g/mol. The second kappa shape index (κ2) is 2.01. The topological polar surface area (TPSA) is 12.0 Å². The van der Waals surface area contributed by atoms with E-state index in [4.69, 9.17) is 0 Å². The molecule has 1 heterocycles. The number of nitrogens with one attached hydrogen (secondary N) is 1. The summed E-state index contributed by atoms with van der Waals surface area (Å²) in [5.74, 6) is 2.35. The number of rotatable bonds is 0. The van der Waals surface area contributed by atoms with Crippen molar-refractivity contribution in [2.75, 3.05) is 13.1 Å². The summed E-state index contributed by atoms with van der Waals surface area (Å²) in [5, 5.41) is 3.47. The van der Waals surface area contributed by atoms with E-state index in [1.807, 2.05) is 0 Å². The molecule has 1 spiro atoms. The van der Waals surface area contributed by atoms with E-state index in [-0.39, 0.29) is 0 Å². The summed E-state index contributed by atoms with van der Waals surface area (Å²) in [4.78, 5) is 0. The van der Waals surface area contributed by atoms with Crippen LogP contribution in [-0.2, 0) is 0 Å². The molecule has 1 heteroatoms. The zero-order valence-electron chi connectivity index (χ0n) is 7.10. The van der Waals surface area contributed by atoms with Gasteiger partial charge in [-0.3, -0.25) is 0 Å². The number of fused-ring (bicyclic) bond motifs is 2. The fraction of sp³-hybridized carbons (Fsp3) is 1.00. The van der Waals surface area contributed by atoms with Crippen LogP contribution in [0.15, 0.2) is 0 Å². The maximum absolute atomic E-state index is 3.47. The van der Waals surface area contributed by atoms with Gasteiger partial charge in [0.05, 0.1) is 0 Å². The second-order valence-corrected chi connectivity index (χ2v) is 4.75. The van der Waals surface area contributed by atoms with Crippen molar-refractivity contribution in [3.05, 3.63) is 0 Å². The molecule has 1 aliphatic heterocycles. The lowest BCUT2D eigenvalue weighted by molar-refractivity contribution is 0.175. The van der Waals surface area contributed by atoms with E-state index in [1.54, 1.807) is 19.3 Å². The van der Waals surface area contributed by atoms with Gasteiger partial charge in [-0.1, -0.05) is 0 Å². The minimum Gasteiger partial charge on any atom is -0.317 e. The van der Waals surface area contributed by atoms with E-state index in [0.29, 0.717) is 0 Å². The molecule has 3 aliphatic rings. The molecule has 3 rings (SSSR count). The molecular formula is C10H17N. The van der Waals surface area contributed by atoms with Gasteiger partial charge in [0.2, 0.25) is 0 Å². The van der Waals surface area contributed by atoms with Crippen LogP contribution in [0.4, 0.5) is 0 Å². The minimum atomic E-state index is 0.843. The SMILES string of the molecule is C1CC2(CCN1)CCC1CC12. The lowest BCUT2D eigenvalue weighted by Gasteiger charge is -2.35. The third-order valence-electron chi connectivity index (χ3n) is 4.32. The third-order valence-corrected chi connectivity index (χ3v) is 4.32. The molecule has 1 N–H and O–H groups in total. The zero-order chi connectivity index (χ0) is 7.31. The predicted octanol–water partition coefficient (Wildman–Crippen LogP) is 1.79. The number of hydrogen-bond donors (Lipinski definition) is 1. The molecule has 62 valence electrons. The highest BCUT2D eigenvalue weighted by atomic mass is 14.9. The molecule has 1 saturated heterocycles. The lowest BCUT2D eigenvalue weighted by atomic mass is 9.74. The first-order chi connectivity index (χ1) is 5.41. The van der Waals surface area contributed by atoms with Crippen LogP contribution in [0.2, 0.25) is 0 Å². The van der Waals surface area contributed by atoms with Crippen LogP contribution >= 0.6 is 0 Å². The van der Waals surface area contributed by atoms with Gasteiger partial charge in [0.25, 0.3) is 0 Å². The van der Waals surface area contributed by atoms with Crippen LogP contribution < -0.4 is 5.32 Å². The Morgan fingerprint density at radius 3 is 2.45 bits per heavy atom. The molecule has 0 aromatic heterocycles. The molecule has 0 aromatic rings. The Bertz CT molecular complexity index is 170. The van der Waals surface area contributed by atoms with Crippen LogP contribution in [0.25, 0.3) is 0 Å². The van der Waals surface area contributed by atoms with E-state index < -0.39 is 0 Å². The fourth-order valence-corrected chi connectivity index (χ4v) is 3.52. The predicted molar refractivity (Wildman–Crippen MR) is 45.4 cm³/mol. The van der Waals surface area contributed by atoms with Crippen molar-refractivity contribution in [1.82, 2.24) is 5.32 Å². The molecular weight excluding hydrogens is 134 g/mol. The van der Waals surface area contributed by atoms with E-state index >= 15 is 0 Å². The standard InChI is InChI=1S/C10H17N/c1-2-10(9-7-8(1)9)3-5-11-6-4-10/h8-9,11H,1-7H2. The first-order valence-corrected chi connectivity index (χ1v) is 5.11. The van der Waals surface area contributed by atoms with Crippen molar-refractivity contribution in [3.8, 4) is 0 Å². The van der Waals surface area contributed by atoms with Gasteiger partial charge in [-0.05, 0) is 62.4 Å². The molecule has 2 saturated carbocycles. The molecule has 1 nitrogen and oxygen atoms in total. The average molecular weight is 151 g/mol. The van der Waals surface area contributed by atoms with Crippen molar-refractivity contribution in [2.24, 2.45) is 17.3 Å². The molecule has 0 aromatic carbocycles. The van der Waals surface area contributed by atoms with Crippen molar-refractivity contribution in [3.63, 3.8) is 0 Å². The Balaban J connectivity index is 1.81. The van der Waals surface area contributed by atoms with Crippen LogP contribution in [0, 0.1) is 17.3 Å². The summed E-state index contributed by atoms with van der Waals surface area (Å²) in [5.41, 5.74) is 0.843. The lowest BCUT2D eigenvalue weighted by Crippen LogP contribution is -2.36. The van der Waals surface area contributed by atoms with Crippen LogP contribution in [0.5, 0.6) is 0 Å². The van der Waals surface area contributed by atoms with Crippen LogP contribution in [0.1, 0.15) is 32.1 Å². The van der Waals surface area contributed by atoms with E-state index in [1.165, 1.54) is 37.8 Å². The first kappa shape index (κ1) is 6.47. The highest BCUT2D eigenvalue weighted by Gasteiger charge is 2.57. The van der Waals surface area contributed by atoms with Gasteiger partial charge < -0.3 is 5.32 Å². The molecule has 3 fully saturated rings. The van der Waals surface area contributed by atoms with Crippen molar-refractivity contribution in [1.29, 1.82) is 0 Å². The van der Waals surface area contributed by atoms with E-state index in [2.05, 4.69) is 5.32 Å².